The topological polar surface area (TPSA) is 88.3 Å². The lowest BCUT2D eigenvalue weighted by molar-refractivity contribution is -0.130. The Kier molecular flexibility index (Phi) is 4.41. The van der Waals surface area contributed by atoms with Crippen LogP contribution in [0.1, 0.15) is 12.0 Å². The normalized spacial score (nSPS) is 10.7. The monoisotopic (exact) mass is 311 g/mol. The van der Waals surface area contributed by atoms with E-state index in [-0.39, 0.29) is 5.91 Å². The van der Waals surface area contributed by atoms with Gasteiger partial charge in [-0.25, -0.2) is 0 Å². The number of aromatic nitrogens is 5. The number of anilines is 1. The van der Waals surface area contributed by atoms with E-state index >= 15 is 0 Å². The second kappa shape index (κ2) is 6.82. The number of benzene rings is 1. The van der Waals surface area contributed by atoms with Gasteiger partial charge in [0.2, 0.25) is 5.91 Å². The standard InChI is InChI=1S/C15H17N7O/c1-21(11-12-5-3-2-4-6-12)15(23)9-10-16-13-7-8-14-17-19-20-22(14)18-13/h2-8H,9-11H2,1H3,(H,16,18). The molecule has 0 unspecified atom stereocenters. The van der Waals surface area contributed by atoms with E-state index in [1.54, 1.807) is 24.1 Å². The van der Waals surface area contributed by atoms with Gasteiger partial charge in [-0.1, -0.05) is 30.3 Å². The Morgan fingerprint density at radius 3 is 2.87 bits per heavy atom. The molecule has 0 saturated carbocycles. The van der Waals surface area contributed by atoms with Crippen molar-refractivity contribution in [2.75, 3.05) is 18.9 Å². The maximum atomic E-state index is 12.1. The van der Waals surface area contributed by atoms with Crippen molar-refractivity contribution in [3.8, 4) is 0 Å². The summed E-state index contributed by atoms with van der Waals surface area (Å²) in [5, 5.41) is 18.3. The number of nitrogens with one attached hydrogen (secondary N) is 1. The molecule has 3 aromatic rings. The van der Waals surface area contributed by atoms with E-state index in [0.29, 0.717) is 31.0 Å². The Morgan fingerprint density at radius 2 is 2.04 bits per heavy atom. The number of rotatable bonds is 6. The summed E-state index contributed by atoms with van der Waals surface area (Å²) in [6, 6.07) is 13.5. The summed E-state index contributed by atoms with van der Waals surface area (Å²) in [7, 11) is 1.81. The van der Waals surface area contributed by atoms with Crippen LogP contribution < -0.4 is 5.32 Å². The first-order valence-corrected chi connectivity index (χ1v) is 7.29. The molecule has 0 atom stereocenters. The molecule has 1 amide bonds. The second-order valence-corrected chi connectivity index (χ2v) is 5.16. The molecular weight excluding hydrogens is 294 g/mol. The van der Waals surface area contributed by atoms with Crippen molar-refractivity contribution < 1.29 is 4.79 Å². The van der Waals surface area contributed by atoms with E-state index < -0.39 is 0 Å². The van der Waals surface area contributed by atoms with Crippen LogP contribution in [0.15, 0.2) is 42.5 Å². The summed E-state index contributed by atoms with van der Waals surface area (Å²) in [4.78, 5) is 13.9. The summed E-state index contributed by atoms with van der Waals surface area (Å²) in [5.74, 6) is 0.702. The Bertz CT molecular complexity index is 787. The molecule has 118 valence electrons. The van der Waals surface area contributed by atoms with Gasteiger partial charge in [0.05, 0.1) is 0 Å². The third kappa shape index (κ3) is 3.79. The number of carbonyl (C=O) groups is 1. The number of hydrogen-bond acceptors (Lipinski definition) is 6. The van der Waals surface area contributed by atoms with Gasteiger partial charge in [0.1, 0.15) is 5.82 Å². The number of fused-ring (bicyclic) bond motifs is 1. The number of hydrogen-bond donors (Lipinski definition) is 1. The second-order valence-electron chi connectivity index (χ2n) is 5.16. The molecular formula is C15H17N7O. The van der Waals surface area contributed by atoms with Gasteiger partial charge in [-0.15, -0.1) is 14.8 Å². The first-order valence-electron chi connectivity index (χ1n) is 7.29. The van der Waals surface area contributed by atoms with E-state index in [4.69, 9.17) is 0 Å². The first kappa shape index (κ1) is 14.9. The van der Waals surface area contributed by atoms with Gasteiger partial charge in [0.15, 0.2) is 5.65 Å². The predicted molar refractivity (Wildman–Crippen MR) is 84.6 cm³/mol. The van der Waals surface area contributed by atoms with E-state index in [1.807, 2.05) is 30.3 Å². The number of nitrogens with zero attached hydrogens (tertiary/aromatic N) is 6. The van der Waals surface area contributed by atoms with Gasteiger partial charge in [-0.3, -0.25) is 4.79 Å². The van der Waals surface area contributed by atoms with Crippen LogP contribution in [0, 0.1) is 0 Å². The SMILES string of the molecule is CN(Cc1ccccc1)C(=O)CCNc1ccc2nnnn2n1. The van der Waals surface area contributed by atoms with Crippen LogP contribution in [0.2, 0.25) is 0 Å². The van der Waals surface area contributed by atoms with Crippen molar-refractivity contribution in [2.24, 2.45) is 0 Å². The van der Waals surface area contributed by atoms with Gasteiger partial charge in [0, 0.05) is 26.6 Å². The highest BCUT2D eigenvalue weighted by Crippen LogP contribution is 2.06. The highest BCUT2D eigenvalue weighted by molar-refractivity contribution is 5.76. The lowest BCUT2D eigenvalue weighted by Gasteiger charge is -2.17. The van der Waals surface area contributed by atoms with Crippen LogP contribution in [-0.2, 0) is 11.3 Å². The minimum absolute atomic E-state index is 0.0739. The van der Waals surface area contributed by atoms with E-state index in [1.165, 1.54) is 4.63 Å². The lowest BCUT2D eigenvalue weighted by Crippen LogP contribution is -2.27. The summed E-state index contributed by atoms with van der Waals surface area (Å²) >= 11 is 0. The number of tetrazole rings is 1. The summed E-state index contributed by atoms with van der Waals surface area (Å²) in [6.45, 7) is 1.10. The van der Waals surface area contributed by atoms with Crippen molar-refractivity contribution in [3.63, 3.8) is 0 Å². The average Bonchev–Trinajstić information content (AvgIpc) is 3.03. The molecule has 0 fully saturated rings. The van der Waals surface area contributed by atoms with Gasteiger partial charge < -0.3 is 10.2 Å². The minimum Gasteiger partial charge on any atom is -0.368 e. The maximum absolute atomic E-state index is 12.1. The maximum Gasteiger partial charge on any atom is 0.224 e. The Morgan fingerprint density at radius 1 is 1.22 bits per heavy atom. The third-order valence-corrected chi connectivity index (χ3v) is 3.40. The number of carbonyl (C=O) groups excluding carboxylic acids is 1. The zero-order valence-corrected chi connectivity index (χ0v) is 12.8. The molecule has 0 aliphatic carbocycles. The van der Waals surface area contributed by atoms with Crippen LogP contribution >= 0.6 is 0 Å². The van der Waals surface area contributed by atoms with E-state index in [2.05, 4.69) is 25.9 Å². The molecule has 2 aromatic heterocycles. The van der Waals surface area contributed by atoms with Crippen molar-refractivity contribution in [3.05, 3.63) is 48.0 Å². The molecule has 1 aromatic carbocycles. The zero-order valence-electron chi connectivity index (χ0n) is 12.8. The van der Waals surface area contributed by atoms with Crippen LogP contribution in [-0.4, -0.2) is 49.7 Å². The molecule has 8 nitrogen and oxygen atoms in total. The molecule has 2 heterocycles. The van der Waals surface area contributed by atoms with Crippen molar-refractivity contribution in [2.45, 2.75) is 13.0 Å². The fourth-order valence-corrected chi connectivity index (χ4v) is 2.18. The molecule has 0 bridgehead atoms. The molecule has 0 aliphatic rings. The average molecular weight is 311 g/mol. The highest BCUT2D eigenvalue weighted by Gasteiger charge is 2.09. The largest absolute Gasteiger partial charge is 0.368 e. The summed E-state index contributed by atoms with van der Waals surface area (Å²) in [6.07, 6.45) is 0.388. The van der Waals surface area contributed by atoms with Gasteiger partial charge in [0.25, 0.3) is 0 Å². The molecule has 1 N–H and O–H groups in total. The molecule has 8 heteroatoms. The molecule has 3 rings (SSSR count). The molecule has 23 heavy (non-hydrogen) atoms. The quantitative estimate of drug-likeness (QED) is 0.730. The van der Waals surface area contributed by atoms with Crippen molar-refractivity contribution >= 4 is 17.4 Å². The molecule has 0 aliphatic heterocycles. The minimum atomic E-state index is 0.0739. The van der Waals surface area contributed by atoms with E-state index in [0.717, 1.165) is 5.56 Å². The Hall–Kier alpha value is -3.03. The van der Waals surface area contributed by atoms with Crippen molar-refractivity contribution in [1.29, 1.82) is 0 Å². The van der Waals surface area contributed by atoms with Gasteiger partial charge in [-0.05, 0) is 28.1 Å². The van der Waals surface area contributed by atoms with Gasteiger partial charge in [-0.2, -0.15) is 0 Å². The Labute approximate surface area is 133 Å². The lowest BCUT2D eigenvalue weighted by atomic mass is 10.2. The Balaban J connectivity index is 1.48. The zero-order chi connectivity index (χ0) is 16.1. The summed E-state index contributed by atoms with van der Waals surface area (Å²) < 4.78 is 1.34. The van der Waals surface area contributed by atoms with Crippen LogP contribution in [0.5, 0.6) is 0 Å². The summed E-state index contributed by atoms with van der Waals surface area (Å²) in [5.41, 5.74) is 1.69. The third-order valence-electron chi connectivity index (χ3n) is 3.40. The fraction of sp³-hybridized carbons (Fsp3) is 0.267. The fourth-order valence-electron chi connectivity index (χ4n) is 2.18. The molecule has 0 saturated heterocycles. The number of amides is 1. The van der Waals surface area contributed by atoms with Crippen LogP contribution in [0.3, 0.4) is 0 Å². The first-order chi connectivity index (χ1) is 11.2. The smallest absolute Gasteiger partial charge is 0.224 e. The predicted octanol–water partition coefficient (Wildman–Crippen LogP) is 0.980. The highest BCUT2D eigenvalue weighted by atomic mass is 16.2. The van der Waals surface area contributed by atoms with Crippen LogP contribution in [0.25, 0.3) is 5.65 Å². The molecule has 0 spiro atoms. The van der Waals surface area contributed by atoms with E-state index in [9.17, 15) is 4.79 Å². The van der Waals surface area contributed by atoms with Gasteiger partial charge >= 0.3 is 0 Å². The van der Waals surface area contributed by atoms with Crippen molar-refractivity contribution in [1.82, 2.24) is 30.2 Å². The molecule has 0 radical (unpaired) electrons. The van der Waals surface area contributed by atoms with Crippen LogP contribution in [0.4, 0.5) is 5.82 Å².